The summed E-state index contributed by atoms with van der Waals surface area (Å²) in [6.45, 7) is 0.749. The van der Waals surface area contributed by atoms with Crippen molar-refractivity contribution in [2.24, 2.45) is 10.9 Å². The van der Waals surface area contributed by atoms with Crippen LogP contribution in [0, 0.1) is 5.92 Å². The SMILES string of the molecule is CN=CC1(c2ccc(OC)c(OCC3CC3)c2)CC=C(C(O)OC)CC1. The van der Waals surface area contributed by atoms with Crippen LogP contribution in [0.25, 0.3) is 0 Å². The lowest BCUT2D eigenvalue weighted by Gasteiger charge is -2.35. The Bertz CT molecular complexity index is 681. The molecule has 0 radical (unpaired) electrons. The van der Waals surface area contributed by atoms with Gasteiger partial charge in [0.1, 0.15) is 0 Å². The van der Waals surface area contributed by atoms with Crippen molar-refractivity contribution in [2.45, 2.75) is 43.8 Å². The minimum atomic E-state index is -0.820. The van der Waals surface area contributed by atoms with Gasteiger partial charge < -0.3 is 19.3 Å². The number of allylic oxidation sites excluding steroid dienone is 1. The van der Waals surface area contributed by atoms with Gasteiger partial charge in [0.15, 0.2) is 17.8 Å². The molecule has 5 nitrogen and oxygen atoms in total. The molecule has 1 aromatic carbocycles. The summed E-state index contributed by atoms with van der Waals surface area (Å²) < 4.78 is 16.6. The molecular weight excluding hydrogens is 330 g/mol. The van der Waals surface area contributed by atoms with Crippen molar-refractivity contribution in [3.8, 4) is 11.5 Å². The van der Waals surface area contributed by atoms with Crippen LogP contribution in [0.1, 0.15) is 37.7 Å². The van der Waals surface area contributed by atoms with Gasteiger partial charge in [-0.25, -0.2) is 0 Å². The summed E-state index contributed by atoms with van der Waals surface area (Å²) in [5, 5.41) is 9.93. The fourth-order valence-corrected chi connectivity index (χ4v) is 3.55. The Hall–Kier alpha value is -1.85. The summed E-state index contributed by atoms with van der Waals surface area (Å²) in [6.07, 6.45) is 8.19. The molecule has 142 valence electrons. The van der Waals surface area contributed by atoms with Gasteiger partial charge in [0.2, 0.25) is 0 Å². The number of aliphatic hydroxyl groups is 1. The van der Waals surface area contributed by atoms with Crippen LogP contribution in [0.3, 0.4) is 0 Å². The standard InChI is InChI=1S/C21H29NO4/c1-22-14-21(10-8-16(9-11-21)20(23)25-3)17-6-7-18(24-2)19(12-17)26-13-15-4-5-15/h6-8,12,14-15,20,23H,4-5,9-11,13H2,1-3H3. The predicted molar refractivity (Wildman–Crippen MR) is 102 cm³/mol. The average Bonchev–Trinajstić information content (AvgIpc) is 3.50. The van der Waals surface area contributed by atoms with Crippen molar-refractivity contribution in [3.63, 3.8) is 0 Å². The van der Waals surface area contributed by atoms with Gasteiger partial charge in [-0.1, -0.05) is 12.1 Å². The van der Waals surface area contributed by atoms with Crippen molar-refractivity contribution in [2.75, 3.05) is 27.9 Å². The van der Waals surface area contributed by atoms with Crippen molar-refractivity contribution < 1.29 is 19.3 Å². The number of aliphatic imine (C=N–C) groups is 1. The third-order valence-electron chi connectivity index (χ3n) is 5.41. The Kier molecular flexibility index (Phi) is 5.99. The molecule has 2 aliphatic rings. The van der Waals surface area contributed by atoms with E-state index in [2.05, 4.69) is 23.2 Å². The van der Waals surface area contributed by atoms with Crippen LogP contribution in [-0.4, -0.2) is 45.5 Å². The summed E-state index contributed by atoms with van der Waals surface area (Å²) in [5.41, 5.74) is 1.90. The Labute approximate surface area is 155 Å². The van der Waals surface area contributed by atoms with Crippen molar-refractivity contribution in [1.29, 1.82) is 0 Å². The van der Waals surface area contributed by atoms with Gasteiger partial charge in [-0.3, -0.25) is 4.99 Å². The average molecular weight is 359 g/mol. The molecule has 0 spiro atoms. The van der Waals surface area contributed by atoms with Crippen LogP contribution < -0.4 is 9.47 Å². The van der Waals surface area contributed by atoms with Gasteiger partial charge in [0, 0.05) is 25.8 Å². The van der Waals surface area contributed by atoms with E-state index in [0.29, 0.717) is 5.92 Å². The molecule has 3 rings (SSSR count). The highest BCUT2D eigenvalue weighted by atomic mass is 16.6. The number of rotatable bonds is 8. The summed E-state index contributed by atoms with van der Waals surface area (Å²) in [5.74, 6) is 2.25. The largest absolute Gasteiger partial charge is 0.493 e. The molecule has 0 bridgehead atoms. The molecule has 0 saturated heterocycles. The van der Waals surface area contributed by atoms with E-state index in [1.54, 1.807) is 14.2 Å². The van der Waals surface area contributed by atoms with E-state index in [-0.39, 0.29) is 5.41 Å². The molecule has 1 fully saturated rings. The van der Waals surface area contributed by atoms with Crippen LogP contribution in [0.2, 0.25) is 0 Å². The maximum atomic E-state index is 9.93. The minimum absolute atomic E-state index is 0.199. The Morgan fingerprint density at radius 1 is 1.31 bits per heavy atom. The second-order valence-corrected chi connectivity index (χ2v) is 7.23. The first-order valence-corrected chi connectivity index (χ1v) is 9.26. The molecule has 26 heavy (non-hydrogen) atoms. The molecule has 0 heterocycles. The molecule has 0 amide bonds. The van der Waals surface area contributed by atoms with Crippen LogP contribution >= 0.6 is 0 Å². The van der Waals surface area contributed by atoms with Crippen LogP contribution in [0.15, 0.2) is 34.8 Å². The van der Waals surface area contributed by atoms with Crippen LogP contribution in [0.4, 0.5) is 0 Å². The van der Waals surface area contributed by atoms with Crippen molar-refractivity contribution >= 4 is 6.21 Å². The quantitative estimate of drug-likeness (QED) is 0.438. The van der Waals surface area contributed by atoms with E-state index in [9.17, 15) is 5.11 Å². The molecule has 0 aliphatic heterocycles. The van der Waals surface area contributed by atoms with Gasteiger partial charge >= 0.3 is 0 Å². The topological polar surface area (TPSA) is 60.3 Å². The van der Waals surface area contributed by atoms with E-state index < -0.39 is 6.29 Å². The van der Waals surface area contributed by atoms with E-state index >= 15 is 0 Å². The number of aliphatic hydroxyl groups excluding tert-OH is 1. The molecule has 2 aliphatic carbocycles. The molecule has 0 aromatic heterocycles. The first kappa shape index (κ1) is 18.9. The van der Waals surface area contributed by atoms with Gasteiger partial charge in [0.25, 0.3) is 0 Å². The highest BCUT2D eigenvalue weighted by Gasteiger charge is 2.34. The second-order valence-electron chi connectivity index (χ2n) is 7.23. The molecule has 1 aromatic rings. The van der Waals surface area contributed by atoms with Crippen LogP contribution in [0.5, 0.6) is 11.5 Å². The number of nitrogens with zero attached hydrogens (tertiary/aromatic N) is 1. The molecule has 1 saturated carbocycles. The smallest absolute Gasteiger partial charge is 0.176 e. The number of hydrogen-bond acceptors (Lipinski definition) is 5. The van der Waals surface area contributed by atoms with Gasteiger partial charge in [0.05, 0.1) is 13.7 Å². The zero-order chi connectivity index (χ0) is 18.6. The normalized spacial score (nSPS) is 24.4. The van der Waals surface area contributed by atoms with E-state index in [4.69, 9.17) is 14.2 Å². The molecule has 1 N–H and O–H groups in total. The molecule has 2 atom stereocenters. The number of benzene rings is 1. The lowest BCUT2D eigenvalue weighted by molar-refractivity contribution is -0.0480. The summed E-state index contributed by atoms with van der Waals surface area (Å²) in [7, 11) is 5.00. The molecule has 2 unspecified atom stereocenters. The maximum absolute atomic E-state index is 9.93. The third kappa shape index (κ3) is 4.10. The fourth-order valence-electron chi connectivity index (χ4n) is 3.55. The summed E-state index contributed by atoms with van der Waals surface area (Å²) in [6, 6.07) is 6.16. The highest BCUT2D eigenvalue weighted by Crippen LogP contribution is 2.42. The monoisotopic (exact) mass is 359 g/mol. The van der Waals surface area contributed by atoms with Gasteiger partial charge in [-0.15, -0.1) is 0 Å². The van der Waals surface area contributed by atoms with Gasteiger partial charge in [-0.2, -0.15) is 0 Å². The predicted octanol–water partition coefficient (Wildman–Crippen LogP) is 3.50. The summed E-state index contributed by atoms with van der Waals surface area (Å²) in [4.78, 5) is 4.33. The number of methoxy groups -OCH3 is 2. The first-order valence-electron chi connectivity index (χ1n) is 9.26. The Balaban J connectivity index is 1.88. The second kappa shape index (κ2) is 8.23. The van der Waals surface area contributed by atoms with E-state index in [1.165, 1.54) is 20.0 Å². The van der Waals surface area contributed by atoms with E-state index in [1.807, 2.05) is 12.3 Å². The van der Waals surface area contributed by atoms with Gasteiger partial charge in [-0.05, 0) is 61.3 Å². The minimum Gasteiger partial charge on any atom is -0.493 e. The first-order chi connectivity index (χ1) is 12.6. The lowest BCUT2D eigenvalue weighted by Crippen LogP contribution is -2.32. The summed E-state index contributed by atoms with van der Waals surface area (Å²) >= 11 is 0. The Morgan fingerprint density at radius 3 is 2.69 bits per heavy atom. The third-order valence-corrected chi connectivity index (χ3v) is 5.41. The zero-order valence-corrected chi connectivity index (χ0v) is 15.9. The highest BCUT2D eigenvalue weighted by molar-refractivity contribution is 5.75. The molecule has 5 heteroatoms. The van der Waals surface area contributed by atoms with Crippen molar-refractivity contribution in [3.05, 3.63) is 35.4 Å². The zero-order valence-electron chi connectivity index (χ0n) is 15.9. The number of hydrogen-bond donors (Lipinski definition) is 1. The lowest BCUT2D eigenvalue weighted by atomic mass is 9.71. The maximum Gasteiger partial charge on any atom is 0.176 e. The van der Waals surface area contributed by atoms with E-state index in [0.717, 1.165) is 48.5 Å². The Morgan fingerprint density at radius 2 is 2.12 bits per heavy atom. The fraction of sp³-hybridized carbons (Fsp3) is 0.571. The van der Waals surface area contributed by atoms with Crippen LogP contribution in [-0.2, 0) is 10.2 Å². The number of ether oxygens (including phenoxy) is 3. The molecular formula is C21H29NO4. The van der Waals surface area contributed by atoms with Crippen molar-refractivity contribution in [1.82, 2.24) is 0 Å².